The molecule has 2 aromatic rings. The number of nitrogens with zero attached hydrogens (tertiary/aromatic N) is 1. The molecule has 0 unspecified atom stereocenters. The Labute approximate surface area is 143 Å². The van der Waals surface area contributed by atoms with Crippen LogP contribution in [0, 0.1) is 5.92 Å². The Balaban J connectivity index is 0.00000192. The number of aromatic nitrogens is 1. The number of hydrogen-bond donors (Lipinski definition) is 3. The predicted octanol–water partition coefficient (Wildman–Crippen LogP) is 1.20. The molecular weight excluding hydrogens is 340 g/mol. The topological polar surface area (TPSA) is 91.7 Å². The number of para-hydroxylation sites is 1. The third kappa shape index (κ3) is 3.64. The molecule has 0 bridgehead atoms. The van der Waals surface area contributed by atoms with Crippen molar-refractivity contribution in [1.82, 2.24) is 10.3 Å². The molecule has 0 spiro atoms. The van der Waals surface area contributed by atoms with Crippen LogP contribution >= 0.6 is 23.7 Å². The third-order valence-corrected chi connectivity index (χ3v) is 5.02. The van der Waals surface area contributed by atoms with Crippen LogP contribution in [-0.4, -0.2) is 53.1 Å². The van der Waals surface area contributed by atoms with E-state index in [-0.39, 0.29) is 24.2 Å². The van der Waals surface area contributed by atoms with Crippen LogP contribution in [0.1, 0.15) is 16.2 Å². The average Bonchev–Trinajstić information content (AvgIpc) is 3.05. The number of halogens is 1. The zero-order chi connectivity index (χ0) is 15.7. The highest BCUT2D eigenvalue weighted by molar-refractivity contribution is 7.20. The van der Waals surface area contributed by atoms with Crippen molar-refractivity contribution in [2.24, 2.45) is 5.92 Å². The minimum Gasteiger partial charge on any atom is -0.390 e. The highest BCUT2D eigenvalue weighted by Gasteiger charge is 2.42. The van der Waals surface area contributed by atoms with Crippen molar-refractivity contribution in [3.63, 3.8) is 0 Å². The molecule has 1 aliphatic carbocycles. The summed E-state index contributed by atoms with van der Waals surface area (Å²) in [6.07, 6.45) is -1.40. The molecule has 6 nitrogen and oxygen atoms in total. The number of benzene rings is 1. The van der Waals surface area contributed by atoms with Gasteiger partial charge in [0.1, 0.15) is 6.10 Å². The molecule has 1 aromatic carbocycles. The van der Waals surface area contributed by atoms with Crippen LogP contribution in [0.15, 0.2) is 24.3 Å². The number of carbonyl (C=O) groups excluding carboxylic acids is 1. The van der Waals surface area contributed by atoms with Crippen molar-refractivity contribution in [2.75, 3.05) is 13.7 Å². The Hall–Kier alpha value is -1.25. The maximum Gasteiger partial charge on any atom is 0.280 e. The second-order valence-corrected chi connectivity index (χ2v) is 6.53. The SMILES string of the molecule is COC[C@H]1C[C@@H](NC(=O)c2nc3ccccc3s2)[C@H](O)[C@@H]1O.Cl. The molecule has 8 heteroatoms. The summed E-state index contributed by atoms with van der Waals surface area (Å²) in [5.74, 6) is -0.504. The lowest BCUT2D eigenvalue weighted by Gasteiger charge is -2.17. The van der Waals surface area contributed by atoms with Crippen molar-refractivity contribution in [3.05, 3.63) is 29.3 Å². The summed E-state index contributed by atoms with van der Waals surface area (Å²) in [7, 11) is 1.55. The van der Waals surface area contributed by atoms with Gasteiger partial charge in [-0.3, -0.25) is 4.79 Å². The first-order valence-electron chi connectivity index (χ1n) is 7.11. The number of rotatable bonds is 4. The van der Waals surface area contributed by atoms with E-state index >= 15 is 0 Å². The zero-order valence-electron chi connectivity index (χ0n) is 12.5. The number of ether oxygens (including phenoxy) is 1. The largest absolute Gasteiger partial charge is 0.390 e. The van der Waals surface area contributed by atoms with Gasteiger partial charge in [-0.2, -0.15) is 0 Å². The summed E-state index contributed by atoms with van der Waals surface area (Å²) in [5.41, 5.74) is 0.780. The number of hydrogen-bond acceptors (Lipinski definition) is 6. The van der Waals surface area contributed by atoms with E-state index in [1.807, 2.05) is 24.3 Å². The molecule has 23 heavy (non-hydrogen) atoms. The van der Waals surface area contributed by atoms with Crippen molar-refractivity contribution in [1.29, 1.82) is 0 Å². The number of carbonyl (C=O) groups is 1. The minimum absolute atomic E-state index is 0. The maximum absolute atomic E-state index is 12.3. The number of amides is 1. The monoisotopic (exact) mass is 358 g/mol. The smallest absolute Gasteiger partial charge is 0.280 e. The van der Waals surface area contributed by atoms with Gasteiger partial charge in [0.25, 0.3) is 5.91 Å². The molecule has 4 atom stereocenters. The van der Waals surface area contributed by atoms with E-state index in [4.69, 9.17) is 4.74 Å². The van der Waals surface area contributed by atoms with Crippen LogP contribution < -0.4 is 5.32 Å². The van der Waals surface area contributed by atoms with Crippen LogP contribution in [-0.2, 0) is 4.74 Å². The number of fused-ring (bicyclic) bond motifs is 1. The summed E-state index contributed by atoms with van der Waals surface area (Å²) < 4.78 is 5.97. The minimum atomic E-state index is -0.988. The third-order valence-electron chi connectivity index (χ3n) is 3.99. The fraction of sp³-hybridized carbons (Fsp3) is 0.467. The van der Waals surface area contributed by atoms with Crippen LogP contribution in [0.3, 0.4) is 0 Å². The van der Waals surface area contributed by atoms with Gasteiger partial charge in [0.2, 0.25) is 0 Å². The molecule has 1 amide bonds. The maximum atomic E-state index is 12.3. The van der Waals surface area contributed by atoms with Gasteiger partial charge in [-0.05, 0) is 18.6 Å². The van der Waals surface area contributed by atoms with E-state index < -0.39 is 18.2 Å². The van der Waals surface area contributed by atoms with E-state index in [0.717, 1.165) is 10.2 Å². The standard InChI is InChI=1S/C15H18N2O4S.ClH/c1-21-7-8-6-10(13(19)12(8)18)16-14(20)15-17-9-4-2-3-5-11(9)22-15;/h2-5,8,10,12-13,18-19H,6-7H2,1H3,(H,16,20);1H/t8-,10-,12-,13+;/m1./s1. The van der Waals surface area contributed by atoms with Gasteiger partial charge in [0.15, 0.2) is 5.01 Å². The van der Waals surface area contributed by atoms with Crippen LogP contribution in [0.2, 0.25) is 0 Å². The van der Waals surface area contributed by atoms with Crippen LogP contribution in [0.5, 0.6) is 0 Å². The zero-order valence-corrected chi connectivity index (χ0v) is 14.1. The lowest BCUT2D eigenvalue weighted by molar-refractivity contribution is -0.00552. The van der Waals surface area contributed by atoms with Gasteiger partial charge in [0.05, 0.1) is 29.0 Å². The Morgan fingerprint density at radius 2 is 2.13 bits per heavy atom. The lowest BCUT2D eigenvalue weighted by Crippen LogP contribution is -2.43. The molecule has 126 valence electrons. The number of aliphatic hydroxyl groups excluding tert-OH is 2. The number of methoxy groups -OCH3 is 1. The molecule has 0 radical (unpaired) electrons. The van der Waals surface area contributed by atoms with Gasteiger partial charge in [-0.25, -0.2) is 4.98 Å². The number of aliphatic hydroxyl groups is 2. The fourth-order valence-corrected chi connectivity index (χ4v) is 3.72. The van der Waals surface area contributed by atoms with E-state index in [1.54, 1.807) is 7.11 Å². The van der Waals surface area contributed by atoms with Crippen molar-refractivity contribution in [2.45, 2.75) is 24.7 Å². The first-order valence-corrected chi connectivity index (χ1v) is 7.93. The summed E-state index contributed by atoms with van der Waals surface area (Å²) in [6, 6.07) is 7.04. The quantitative estimate of drug-likeness (QED) is 0.764. The first-order chi connectivity index (χ1) is 10.6. The van der Waals surface area contributed by atoms with E-state index in [9.17, 15) is 15.0 Å². The number of thiazole rings is 1. The Bertz CT molecular complexity index is 647. The van der Waals surface area contributed by atoms with Crippen LogP contribution in [0.25, 0.3) is 10.2 Å². The molecule has 0 aliphatic heterocycles. The second kappa shape index (κ2) is 7.55. The molecular formula is C15H19ClN2O4S. The second-order valence-electron chi connectivity index (χ2n) is 5.50. The molecule has 1 heterocycles. The number of nitrogens with one attached hydrogen (secondary N) is 1. The van der Waals surface area contributed by atoms with E-state index in [0.29, 0.717) is 18.0 Å². The van der Waals surface area contributed by atoms with Gasteiger partial charge >= 0.3 is 0 Å². The molecule has 3 rings (SSSR count). The summed E-state index contributed by atoms with van der Waals surface area (Å²) in [5, 5.41) is 23.1. The highest BCUT2D eigenvalue weighted by Crippen LogP contribution is 2.28. The molecule has 0 saturated heterocycles. The van der Waals surface area contributed by atoms with E-state index in [1.165, 1.54) is 11.3 Å². The fourth-order valence-electron chi connectivity index (χ4n) is 2.85. The van der Waals surface area contributed by atoms with Crippen LogP contribution in [0.4, 0.5) is 0 Å². The van der Waals surface area contributed by atoms with Crippen molar-refractivity contribution < 1.29 is 19.7 Å². The normalized spacial score (nSPS) is 26.9. The Kier molecular flexibility index (Phi) is 5.94. The predicted molar refractivity (Wildman–Crippen MR) is 90.1 cm³/mol. The lowest BCUT2D eigenvalue weighted by atomic mass is 10.1. The van der Waals surface area contributed by atoms with Gasteiger partial charge in [0, 0.05) is 13.0 Å². The van der Waals surface area contributed by atoms with Gasteiger partial charge in [-0.15, -0.1) is 23.7 Å². The van der Waals surface area contributed by atoms with Gasteiger partial charge < -0.3 is 20.3 Å². The molecule has 1 saturated carbocycles. The van der Waals surface area contributed by atoms with Crippen molar-refractivity contribution in [3.8, 4) is 0 Å². The Morgan fingerprint density at radius 1 is 1.39 bits per heavy atom. The van der Waals surface area contributed by atoms with Crippen molar-refractivity contribution >= 4 is 39.9 Å². The highest BCUT2D eigenvalue weighted by atomic mass is 35.5. The molecule has 1 aromatic heterocycles. The first kappa shape index (κ1) is 18.1. The molecule has 1 aliphatic rings. The average molecular weight is 359 g/mol. The van der Waals surface area contributed by atoms with Gasteiger partial charge in [-0.1, -0.05) is 12.1 Å². The Morgan fingerprint density at radius 3 is 2.83 bits per heavy atom. The summed E-state index contributed by atoms with van der Waals surface area (Å²) >= 11 is 1.31. The molecule has 1 fully saturated rings. The summed E-state index contributed by atoms with van der Waals surface area (Å²) in [6.45, 7) is 0.353. The summed E-state index contributed by atoms with van der Waals surface area (Å²) in [4.78, 5) is 16.6. The van der Waals surface area contributed by atoms with E-state index in [2.05, 4.69) is 10.3 Å². The molecule has 3 N–H and O–H groups in total.